The highest BCUT2D eigenvalue weighted by Crippen LogP contribution is 2.42. The summed E-state index contributed by atoms with van der Waals surface area (Å²) in [6, 6.07) is 6.82. The van der Waals surface area contributed by atoms with Gasteiger partial charge in [0.15, 0.2) is 5.79 Å². The van der Waals surface area contributed by atoms with Crippen LogP contribution >= 0.6 is 0 Å². The van der Waals surface area contributed by atoms with Crippen LogP contribution in [0.25, 0.3) is 0 Å². The van der Waals surface area contributed by atoms with E-state index in [1.165, 1.54) is 6.07 Å². The van der Waals surface area contributed by atoms with Crippen molar-refractivity contribution in [2.45, 2.75) is 43.9 Å². The Labute approximate surface area is 147 Å². The van der Waals surface area contributed by atoms with Gasteiger partial charge in [0.25, 0.3) is 0 Å². The second-order valence-corrected chi connectivity index (χ2v) is 7.39. The summed E-state index contributed by atoms with van der Waals surface area (Å²) >= 11 is 0. The van der Waals surface area contributed by atoms with Crippen LogP contribution in [0.4, 0.5) is 9.18 Å². The zero-order valence-electron chi connectivity index (χ0n) is 14.5. The van der Waals surface area contributed by atoms with Crippen LogP contribution in [0.2, 0.25) is 0 Å². The molecular formula is C19H25FN2O3. The van der Waals surface area contributed by atoms with Gasteiger partial charge in [0, 0.05) is 31.0 Å². The van der Waals surface area contributed by atoms with Crippen LogP contribution in [0.1, 0.15) is 37.7 Å². The summed E-state index contributed by atoms with van der Waals surface area (Å²) in [6.07, 6.45) is 2.57. The second kappa shape index (κ2) is 6.57. The molecule has 0 spiro atoms. The van der Waals surface area contributed by atoms with E-state index in [4.69, 9.17) is 9.47 Å². The molecule has 2 atom stereocenters. The lowest BCUT2D eigenvalue weighted by Gasteiger charge is -2.39. The van der Waals surface area contributed by atoms with Gasteiger partial charge in [-0.3, -0.25) is 0 Å². The number of likely N-dealkylation sites (tertiary alicyclic amines) is 1. The van der Waals surface area contributed by atoms with Gasteiger partial charge in [0.05, 0.1) is 13.2 Å². The summed E-state index contributed by atoms with van der Waals surface area (Å²) in [5.74, 6) is -0.252. The lowest BCUT2D eigenvalue weighted by atomic mass is 9.89. The van der Waals surface area contributed by atoms with Crippen molar-refractivity contribution in [3.8, 4) is 0 Å². The van der Waals surface area contributed by atoms with Gasteiger partial charge in [-0.25, -0.2) is 9.18 Å². The minimum absolute atomic E-state index is 0.0410. The molecule has 3 aliphatic rings. The topological polar surface area (TPSA) is 50.8 Å². The molecular weight excluding hydrogens is 323 g/mol. The largest absolute Gasteiger partial charge is 0.348 e. The lowest BCUT2D eigenvalue weighted by molar-refractivity contribution is -0.189. The van der Waals surface area contributed by atoms with Crippen LogP contribution in [0.5, 0.6) is 0 Å². The standard InChI is InChI=1S/C19H25FN2O3/c1-19(24-10-11-25-19)13-6-8-22(9-7-13)18(23)21-17-12-15(17)14-4-2-3-5-16(14)20/h2-5,13,15,17H,6-12H2,1H3,(H,21,23)/t15-,17+/m0/s1. The van der Waals surface area contributed by atoms with E-state index < -0.39 is 5.79 Å². The number of hydrogen-bond acceptors (Lipinski definition) is 3. The van der Waals surface area contributed by atoms with Gasteiger partial charge in [0.1, 0.15) is 5.82 Å². The van der Waals surface area contributed by atoms with Gasteiger partial charge < -0.3 is 19.7 Å². The number of amides is 2. The van der Waals surface area contributed by atoms with Crippen LogP contribution in [0.3, 0.4) is 0 Å². The average molecular weight is 348 g/mol. The number of nitrogens with zero attached hydrogens (tertiary/aromatic N) is 1. The maximum atomic E-state index is 13.8. The first-order valence-electron chi connectivity index (χ1n) is 9.14. The molecule has 6 heteroatoms. The Morgan fingerprint density at radius 2 is 1.92 bits per heavy atom. The molecule has 0 aromatic heterocycles. The van der Waals surface area contributed by atoms with Gasteiger partial charge >= 0.3 is 6.03 Å². The highest BCUT2D eigenvalue weighted by atomic mass is 19.1. The normalized spacial score (nSPS) is 28.8. The Morgan fingerprint density at radius 3 is 2.60 bits per heavy atom. The fraction of sp³-hybridized carbons (Fsp3) is 0.632. The number of rotatable bonds is 3. The number of hydrogen-bond donors (Lipinski definition) is 1. The quantitative estimate of drug-likeness (QED) is 0.914. The predicted octanol–water partition coefficient (Wildman–Crippen LogP) is 2.87. The van der Waals surface area contributed by atoms with Crippen molar-refractivity contribution in [3.63, 3.8) is 0 Å². The van der Waals surface area contributed by atoms with Gasteiger partial charge in [-0.15, -0.1) is 0 Å². The maximum Gasteiger partial charge on any atom is 0.317 e. The fourth-order valence-corrected chi connectivity index (χ4v) is 4.10. The monoisotopic (exact) mass is 348 g/mol. The molecule has 1 saturated carbocycles. The van der Waals surface area contributed by atoms with Crippen molar-refractivity contribution in [3.05, 3.63) is 35.6 Å². The van der Waals surface area contributed by atoms with E-state index in [1.54, 1.807) is 12.1 Å². The lowest BCUT2D eigenvalue weighted by Crippen LogP contribution is -2.49. The summed E-state index contributed by atoms with van der Waals surface area (Å²) in [5.41, 5.74) is 0.704. The Balaban J connectivity index is 1.27. The average Bonchev–Trinajstić information content (AvgIpc) is 3.23. The van der Waals surface area contributed by atoms with E-state index in [9.17, 15) is 9.18 Å². The van der Waals surface area contributed by atoms with Crippen molar-refractivity contribution in [2.75, 3.05) is 26.3 Å². The third kappa shape index (κ3) is 3.37. The highest BCUT2D eigenvalue weighted by Gasteiger charge is 2.44. The summed E-state index contributed by atoms with van der Waals surface area (Å²) in [7, 11) is 0. The molecule has 1 aliphatic carbocycles. The van der Waals surface area contributed by atoms with Crippen molar-refractivity contribution in [2.24, 2.45) is 5.92 Å². The van der Waals surface area contributed by atoms with E-state index in [1.807, 2.05) is 17.9 Å². The number of piperidine rings is 1. The van der Waals surface area contributed by atoms with E-state index in [0.717, 1.165) is 19.3 Å². The third-order valence-electron chi connectivity index (χ3n) is 5.79. The van der Waals surface area contributed by atoms with Gasteiger partial charge in [-0.05, 0) is 37.8 Å². The first-order valence-corrected chi connectivity index (χ1v) is 9.14. The highest BCUT2D eigenvalue weighted by molar-refractivity contribution is 5.75. The van der Waals surface area contributed by atoms with E-state index >= 15 is 0 Å². The van der Waals surface area contributed by atoms with Crippen molar-refractivity contribution < 1.29 is 18.7 Å². The Bertz CT molecular complexity index is 639. The van der Waals surface area contributed by atoms with E-state index in [0.29, 0.717) is 37.8 Å². The molecule has 136 valence electrons. The molecule has 2 aliphatic heterocycles. The first-order chi connectivity index (χ1) is 12.1. The number of nitrogens with one attached hydrogen (secondary N) is 1. The number of halogens is 1. The third-order valence-corrected chi connectivity index (χ3v) is 5.79. The molecule has 1 N–H and O–H groups in total. The minimum atomic E-state index is -0.491. The van der Waals surface area contributed by atoms with Crippen LogP contribution in [-0.4, -0.2) is 49.1 Å². The Hall–Kier alpha value is -1.66. The smallest absolute Gasteiger partial charge is 0.317 e. The second-order valence-electron chi connectivity index (χ2n) is 7.39. The van der Waals surface area contributed by atoms with Crippen LogP contribution in [0, 0.1) is 11.7 Å². The van der Waals surface area contributed by atoms with Crippen LogP contribution < -0.4 is 5.32 Å². The predicted molar refractivity (Wildman–Crippen MR) is 90.7 cm³/mol. The first kappa shape index (κ1) is 16.8. The molecule has 1 aromatic rings. The minimum Gasteiger partial charge on any atom is -0.348 e. The molecule has 2 amide bonds. The molecule has 0 bridgehead atoms. The SMILES string of the molecule is CC1(C2CCN(C(=O)N[C@@H]3C[C@H]3c3ccccc3F)CC2)OCCO1. The number of benzene rings is 1. The van der Waals surface area contributed by atoms with Crippen LogP contribution in [0.15, 0.2) is 24.3 Å². The molecule has 0 unspecified atom stereocenters. The number of ether oxygens (including phenoxy) is 2. The number of carbonyl (C=O) groups is 1. The molecule has 1 aromatic carbocycles. The van der Waals surface area contributed by atoms with E-state index in [-0.39, 0.29) is 23.8 Å². The van der Waals surface area contributed by atoms with Gasteiger partial charge in [-0.1, -0.05) is 18.2 Å². The molecule has 2 saturated heterocycles. The summed E-state index contributed by atoms with van der Waals surface area (Å²) < 4.78 is 25.3. The van der Waals surface area contributed by atoms with Gasteiger partial charge in [0.2, 0.25) is 0 Å². The molecule has 5 nitrogen and oxygen atoms in total. The van der Waals surface area contributed by atoms with Crippen molar-refractivity contribution in [1.29, 1.82) is 0 Å². The Morgan fingerprint density at radius 1 is 1.24 bits per heavy atom. The zero-order chi connectivity index (χ0) is 17.4. The molecule has 25 heavy (non-hydrogen) atoms. The van der Waals surface area contributed by atoms with E-state index in [2.05, 4.69) is 5.32 Å². The molecule has 3 fully saturated rings. The Kier molecular flexibility index (Phi) is 4.41. The molecule has 0 radical (unpaired) electrons. The summed E-state index contributed by atoms with van der Waals surface area (Å²) in [4.78, 5) is 14.3. The van der Waals surface area contributed by atoms with Crippen molar-refractivity contribution in [1.82, 2.24) is 10.2 Å². The van der Waals surface area contributed by atoms with Crippen LogP contribution in [-0.2, 0) is 9.47 Å². The summed E-state index contributed by atoms with van der Waals surface area (Å²) in [5, 5.41) is 3.05. The maximum absolute atomic E-state index is 13.8. The van der Waals surface area contributed by atoms with Crippen molar-refractivity contribution >= 4 is 6.03 Å². The molecule has 2 heterocycles. The van der Waals surface area contributed by atoms with Gasteiger partial charge in [-0.2, -0.15) is 0 Å². The molecule has 4 rings (SSSR count). The number of urea groups is 1. The fourth-order valence-electron chi connectivity index (χ4n) is 4.10. The number of carbonyl (C=O) groups excluding carboxylic acids is 1. The summed E-state index contributed by atoms with van der Waals surface area (Å²) in [6.45, 7) is 4.71. The zero-order valence-corrected chi connectivity index (χ0v) is 14.5.